The van der Waals surface area contributed by atoms with Crippen LogP contribution in [0.1, 0.15) is 18.4 Å². The molecule has 0 aromatic heterocycles. The molecule has 8 heteroatoms. The second-order valence-corrected chi connectivity index (χ2v) is 7.18. The van der Waals surface area contributed by atoms with Gasteiger partial charge in [-0.2, -0.15) is 0 Å². The number of nitrogens with two attached hydrogens (primary N) is 1. The summed E-state index contributed by atoms with van der Waals surface area (Å²) in [5.74, 6) is -0.0675. The molecule has 6 nitrogen and oxygen atoms in total. The van der Waals surface area contributed by atoms with Crippen molar-refractivity contribution in [3.63, 3.8) is 0 Å². The van der Waals surface area contributed by atoms with E-state index in [4.69, 9.17) is 5.73 Å². The molecule has 0 bridgehead atoms. The fourth-order valence-electron chi connectivity index (χ4n) is 2.36. The molecule has 1 unspecified atom stereocenters. The highest BCUT2D eigenvalue weighted by atomic mass is 35.5. The van der Waals surface area contributed by atoms with E-state index in [1.807, 2.05) is 0 Å². The van der Waals surface area contributed by atoms with Gasteiger partial charge in [-0.25, -0.2) is 13.1 Å². The minimum Gasteiger partial charge on any atom is -0.338 e. The molecule has 3 N–H and O–H groups in total. The van der Waals surface area contributed by atoms with E-state index in [0.29, 0.717) is 6.54 Å². The van der Waals surface area contributed by atoms with Crippen molar-refractivity contribution in [2.24, 2.45) is 5.73 Å². The van der Waals surface area contributed by atoms with Gasteiger partial charge in [-0.05, 0) is 43.7 Å². The second-order valence-electron chi connectivity index (χ2n) is 5.30. The molecule has 2 rings (SSSR count). The van der Waals surface area contributed by atoms with Crippen molar-refractivity contribution >= 4 is 34.4 Å². The Labute approximate surface area is 143 Å². The molecule has 0 aliphatic carbocycles. The Hall–Kier alpha value is -1.41. The first-order valence-electron chi connectivity index (χ1n) is 7.18. The summed E-state index contributed by atoms with van der Waals surface area (Å²) in [6.07, 6.45) is 5.06. The van der Waals surface area contributed by atoms with Gasteiger partial charge in [0.05, 0.1) is 4.90 Å². The average Bonchev–Trinajstić information content (AvgIpc) is 2.53. The standard InChI is InChI=1S/C15H21N3O3S.ClH/c1-17-22(20,21)14-7-4-12(5-8-14)6-9-15(19)18-10-2-3-13(16)11-18;/h4-9,13,17H,2-3,10-11,16H2,1H3;1H/b9-6+;. The lowest BCUT2D eigenvalue weighted by molar-refractivity contribution is -0.127. The van der Waals surface area contributed by atoms with Crippen LogP contribution < -0.4 is 10.5 Å². The van der Waals surface area contributed by atoms with Crippen LogP contribution in [0.15, 0.2) is 35.2 Å². The van der Waals surface area contributed by atoms with Crippen molar-refractivity contribution in [3.05, 3.63) is 35.9 Å². The molecular formula is C15H22ClN3O3S. The molecule has 1 heterocycles. The maximum Gasteiger partial charge on any atom is 0.246 e. The highest BCUT2D eigenvalue weighted by Gasteiger charge is 2.19. The van der Waals surface area contributed by atoms with Crippen molar-refractivity contribution in [1.82, 2.24) is 9.62 Å². The van der Waals surface area contributed by atoms with Crippen molar-refractivity contribution in [1.29, 1.82) is 0 Å². The quantitative estimate of drug-likeness (QED) is 0.784. The molecule has 1 aliphatic rings. The maximum atomic E-state index is 12.1. The van der Waals surface area contributed by atoms with E-state index < -0.39 is 10.0 Å². The summed E-state index contributed by atoms with van der Waals surface area (Å²) in [5.41, 5.74) is 6.63. The normalized spacial score (nSPS) is 18.7. The van der Waals surface area contributed by atoms with Gasteiger partial charge < -0.3 is 10.6 Å². The molecule has 1 aromatic carbocycles. The number of hydrogen-bond donors (Lipinski definition) is 2. The van der Waals surface area contributed by atoms with E-state index in [2.05, 4.69) is 4.72 Å². The second kappa shape index (κ2) is 8.44. The molecule has 0 saturated carbocycles. The molecule has 0 spiro atoms. The van der Waals surface area contributed by atoms with Crippen LogP contribution in [0, 0.1) is 0 Å². The molecule has 1 saturated heterocycles. The summed E-state index contributed by atoms with van der Waals surface area (Å²) in [5, 5.41) is 0. The number of hydrogen-bond acceptors (Lipinski definition) is 4. The van der Waals surface area contributed by atoms with Gasteiger partial charge >= 0.3 is 0 Å². The van der Waals surface area contributed by atoms with Gasteiger partial charge in [0.15, 0.2) is 0 Å². The van der Waals surface area contributed by atoms with Crippen molar-refractivity contribution in [2.45, 2.75) is 23.8 Å². The van der Waals surface area contributed by atoms with E-state index in [9.17, 15) is 13.2 Å². The molecule has 0 radical (unpaired) electrons. The number of sulfonamides is 1. The van der Waals surface area contributed by atoms with Crippen LogP contribution in [0.25, 0.3) is 6.08 Å². The maximum absolute atomic E-state index is 12.1. The summed E-state index contributed by atoms with van der Waals surface area (Å²) >= 11 is 0. The molecule has 1 aliphatic heterocycles. The third kappa shape index (κ3) is 5.31. The SMILES string of the molecule is CNS(=O)(=O)c1ccc(/C=C/C(=O)N2CCCC(N)C2)cc1.Cl. The highest BCUT2D eigenvalue weighted by molar-refractivity contribution is 7.89. The van der Waals surface area contributed by atoms with Gasteiger partial charge in [-0.15, -0.1) is 12.4 Å². The van der Waals surface area contributed by atoms with Gasteiger partial charge in [0.25, 0.3) is 0 Å². The van der Waals surface area contributed by atoms with Crippen molar-refractivity contribution < 1.29 is 13.2 Å². The topological polar surface area (TPSA) is 92.5 Å². The van der Waals surface area contributed by atoms with E-state index in [1.54, 1.807) is 23.1 Å². The lowest BCUT2D eigenvalue weighted by atomic mass is 10.1. The summed E-state index contributed by atoms with van der Waals surface area (Å²) < 4.78 is 25.5. The Bertz CT molecular complexity index is 659. The monoisotopic (exact) mass is 359 g/mol. The first kappa shape index (κ1) is 19.6. The molecule has 1 fully saturated rings. The molecule has 1 aromatic rings. The number of carbonyl (C=O) groups is 1. The summed E-state index contributed by atoms with van der Waals surface area (Å²) in [6, 6.07) is 6.39. The number of piperidine rings is 1. The molecular weight excluding hydrogens is 338 g/mol. The van der Waals surface area contributed by atoms with Gasteiger partial charge in [0.2, 0.25) is 15.9 Å². The number of benzene rings is 1. The van der Waals surface area contributed by atoms with Crippen LogP contribution in [0.5, 0.6) is 0 Å². The van der Waals surface area contributed by atoms with Crippen LogP contribution in [-0.2, 0) is 14.8 Å². The number of halogens is 1. The van der Waals surface area contributed by atoms with Gasteiger partial charge in [0, 0.05) is 25.2 Å². The third-order valence-corrected chi connectivity index (χ3v) is 5.08. The predicted molar refractivity (Wildman–Crippen MR) is 92.8 cm³/mol. The summed E-state index contributed by atoms with van der Waals surface area (Å²) in [4.78, 5) is 14.0. The number of rotatable bonds is 4. The zero-order valence-corrected chi connectivity index (χ0v) is 14.6. The number of nitrogens with zero attached hydrogens (tertiary/aromatic N) is 1. The number of nitrogens with one attached hydrogen (secondary N) is 1. The Balaban J connectivity index is 0.00000264. The average molecular weight is 360 g/mol. The minimum atomic E-state index is -3.43. The Kier molecular flexibility index (Phi) is 7.21. The van der Waals surface area contributed by atoms with Crippen LogP contribution >= 0.6 is 12.4 Å². The first-order valence-corrected chi connectivity index (χ1v) is 8.67. The molecule has 1 amide bonds. The van der Waals surface area contributed by atoms with Crippen molar-refractivity contribution in [3.8, 4) is 0 Å². The number of amides is 1. The van der Waals surface area contributed by atoms with Gasteiger partial charge in [-0.1, -0.05) is 12.1 Å². The number of carbonyl (C=O) groups excluding carboxylic acids is 1. The fraction of sp³-hybridized carbons (Fsp3) is 0.400. The van der Waals surface area contributed by atoms with Crippen molar-refractivity contribution in [2.75, 3.05) is 20.1 Å². The third-order valence-electron chi connectivity index (χ3n) is 3.65. The van der Waals surface area contributed by atoms with E-state index >= 15 is 0 Å². The van der Waals surface area contributed by atoms with E-state index in [0.717, 1.165) is 24.9 Å². The number of likely N-dealkylation sites (tertiary alicyclic amines) is 1. The van der Waals surface area contributed by atoms with Gasteiger partial charge in [-0.3, -0.25) is 4.79 Å². The van der Waals surface area contributed by atoms with Crippen LogP contribution in [0.4, 0.5) is 0 Å². The fourth-order valence-corrected chi connectivity index (χ4v) is 3.09. The zero-order chi connectivity index (χ0) is 16.2. The van der Waals surface area contributed by atoms with E-state index in [-0.39, 0.29) is 29.3 Å². The van der Waals surface area contributed by atoms with Crippen LogP contribution in [0.3, 0.4) is 0 Å². The molecule has 128 valence electrons. The smallest absolute Gasteiger partial charge is 0.246 e. The van der Waals surface area contributed by atoms with Gasteiger partial charge in [0.1, 0.15) is 0 Å². The lowest BCUT2D eigenvalue weighted by Gasteiger charge is -2.29. The molecule has 23 heavy (non-hydrogen) atoms. The highest BCUT2D eigenvalue weighted by Crippen LogP contribution is 2.12. The minimum absolute atomic E-state index is 0. The Morgan fingerprint density at radius 2 is 2.00 bits per heavy atom. The van der Waals surface area contributed by atoms with Crippen LogP contribution in [-0.4, -0.2) is 45.4 Å². The summed E-state index contributed by atoms with van der Waals surface area (Å²) in [6.45, 7) is 1.32. The Morgan fingerprint density at radius 1 is 1.35 bits per heavy atom. The predicted octanol–water partition coefficient (Wildman–Crippen LogP) is 0.979. The molecule has 1 atom stereocenters. The van der Waals surface area contributed by atoms with E-state index in [1.165, 1.54) is 25.3 Å². The largest absolute Gasteiger partial charge is 0.338 e. The zero-order valence-electron chi connectivity index (χ0n) is 12.9. The summed E-state index contributed by atoms with van der Waals surface area (Å²) in [7, 11) is -2.07. The lowest BCUT2D eigenvalue weighted by Crippen LogP contribution is -2.45. The van der Waals surface area contributed by atoms with Crippen LogP contribution in [0.2, 0.25) is 0 Å². The first-order chi connectivity index (χ1) is 10.4. The Morgan fingerprint density at radius 3 is 2.57 bits per heavy atom.